The molecule has 9 heteroatoms. The summed E-state index contributed by atoms with van der Waals surface area (Å²) >= 11 is 0. The summed E-state index contributed by atoms with van der Waals surface area (Å²) < 4.78 is 37.2. The molecule has 24 heavy (non-hydrogen) atoms. The van der Waals surface area contributed by atoms with Gasteiger partial charge in [0.15, 0.2) is 14.6 Å². The smallest absolute Gasteiger partial charge is 0.264 e. The van der Waals surface area contributed by atoms with E-state index in [2.05, 4.69) is 5.10 Å². The third-order valence-corrected chi connectivity index (χ3v) is 6.06. The zero-order chi connectivity index (χ0) is 18.0. The van der Waals surface area contributed by atoms with Crippen LogP contribution in [-0.2, 0) is 21.2 Å². The first kappa shape index (κ1) is 18.1. The van der Waals surface area contributed by atoms with Crippen LogP contribution in [0.2, 0.25) is 0 Å². The van der Waals surface area contributed by atoms with E-state index in [1.165, 1.54) is 29.3 Å². The predicted octanol–water partition coefficient (Wildman–Crippen LogP) is 1.39. The maximum absolute atomic E-state index is 13.8. The second-order valence-electron chi connectivity index (χ2n) is 5.67. The van der Waals surface area contributed by atoms with Gasteiger partial charge in [0, 0.05) is 30.1 Å². The van der Waals surface area contributed by atoms with Crippen molar-refractivity contribution >= 4 is 15.7 Å². The molecule has 0 aliphatic rings. The lowest BCUT2D eigenvalue weighted by Gasteiger charge is -2.24. The van der Waals surface area contributed by atoms with Gasteiger partial charge >= 0.3 is 0 Å². The van der Waals surface area contributed by atoms with Crippen molar-refractivity contribution in [3.05, 3.63) is 42.5 Å². The van der Waals surface area contributed by atoms with Crippen LogP contribution in [-0.4, -0.2) is 40.3 Å². The van der Waals surface area contributed by atoms with E-state index >= 15 is 0 Å². The molecule has 7 nitrogen and oxygen atoms in total. The van der Waals surface area contributed by atoms with Crippen molar-refractivity contribution in [3.8, 4) is 11.1 Å². The molecule has 0 fully saturated rings. The van der Waals surface area contributed by atoms with E-state index in [1.807, 2.05) is 0 Å². The van der Waals surface area contributed by atoms with Crippen molar-refractivity contribution in [2.75, 3.05) is 6.26 Å². The van der Waals surface area contributed by atoms with Crippen LogP contribution >= 0.6 is 0 Å². The first-order chi connectivity index (χ1) is 11.2. The Bertz CT molecular complexity index is 850. The van der Waals surface area contributed by atoms with Gasteiger partial charge in [-0.15, -0.1) is 0 Å². The number of hydrogen-bond donors (Lipinski definition) is 2. The molecule has 0 aliphatic carbocycles. The van der Waals surface area contributed by atoms with E-state index in [9.17, 15) is 17.6 Å². The standard InChI is InChI=1S/C15H18FN3O4S/c1-15(14(20)18-21,24(2,22)23)7-8-19-10-11(9-17-19)12-5-3-4-6-13(12)16/h3-6,9-10,21H,7-8H2,1-2H3,(H,18,20). The largest absolute Gasteiger partial charge is 0.289 e. The Hall–Kier alpha value is -2.26. The van der Waals surface area contributed by atoms with Crippen molar-refractivity contribution in [1.29, 1.82) is 0 Å². The molecule has 0 bridgehead atoms. The molecule has 2 N–H and O–H groups in total. The highest BCUT2D eigenvalue weighted by molar-refractivity contribution is 7.92. The second kappa shape index (κ2) is 6.70. The minimum absolute atomic E-state index is 0.101. The van der Waals surface area contributed by atoms with E-state index in [0.717, 1.165) is 6.26 Å². The van der Waals surface area contributed by atoms with Crippen molar-refractivity contribution in [2.24, 2.45) is 0 Å². The summed E-state index contributed by atoms with van der Waals surface area (Å²) in [6, 6.07) is 6.21. The van der Waals surface area contributed by atoms with Gasteiger partial charge in [-0.25, -0.2) is 18.3 Å². The van der Waals surface area contributed by atoms with Crippen molar-refractivity contribution < 1.29 is 22.8 Å². The lowest BCUT2D eigenvalue weighted by Crippen LogP contribution is -2.49. The molecule has 1 aromatic carbocycles. The van der Waals surface area contributed by atoms with Crippen molar-refractivity contribution in [2.45, 2.75) is 24.6 Å². The number of carbonyl (C=O) groups is 1. The number of benzene rings is 1. The number of hydroxylamine groups is 1. The van der Waals surface area contributed by atoms with Crippen LogP contribution in [0.3, 0.4) is 0 Å². The lowest BCUT2D eigenvalue weighted by atomic mass is 10.1. The zero-order valence-corrected chi connectivity index (χ0v) is 14.0. The molecular weight excluding hydrogens is 337 g/mol. The highest BCUT2D eigenvalue weighted by atomic mass is 32.2. The Morgan fingerprint density at radius 2 is 2.08 bits per heavy atom. The first-order valence-corrected chi connectivity index (χ1v) is 8.99. The average Bonchev–Trinajstić information content (AvgIpc) is 2.99. The van der Waals surface area contributed by atoms with Gasteiger partial charge in [-0.2, -0.15) is 5.10 Å². The summed E-state index contributed by atoms with van der Waals surface area (Å²) in [5, 5.41) is 12.9. The Kier molecular flexibility index (Phi) is 5.05. The molecule has 130 valence electrons. The van der Waals surface area contributed by atoms with E-state index < -0.39 is 26.3 Å². The van der Waals surface area contributed by atoms with Gasteiger partial charge < -0.3 is 0 Å². The van der Waals surface area contributed by atoms with E-state index in [1.54, 1.807) is 24.4 Å². The average molecular weight is 355 g/mol. The monoisotopic (exact) mass is 355 g/mol. The molecular formula is C15H18FN3O4S. The maximum Gasteiger partial charge on any atom is 0.264 e. The molecule has 0 saturated heterocycles. The van der Waals surface area contributed by atoms with E-state index in [-0.39, 0.29) is 13.0 Å². The topological polar surface area (TPSA) is 101 Å². The van der Waals surface area contributed by atoms with Gasteiger partial charge in [-0.3, -0.25) is 14.7 Å². The summed E-state index contributed by atoms with van der Waals surface area (Å²) in [5.41, 5.74) is 2.31. The van der Waals surface area contributed by atoms with Crippen LogP contribution in [0.4, 0.5) is 4.39 Å². The van der Waals surface area contributed by atoms with Gasteiger partial charge in [0.05, 0.1) is 6.20 Å². The van der Waals surface area contributed by atoms with Crippen molar-refractivity contribution in [1.82, 2.24) is 15.3 Å². The normalized spacial score (nSPS) is 14.2. The Morgan fingerprint density at radius 1 is 1.42 bits per heavy atom. The Balaban J connectivity index is 2.21. The Labute approximate surface area is 139 Å². The number of aryl methyl sites for hydroxylation is 1. The number of nitrogens with one attached hydrogen (secondary N) is 1. The predicted molar refractivity (Wildman–Crippen MR) is 85.4 cm³/mol. The number of halogens is 1. The van der Waals surface area contributed by atoms with Gasteiger partial charge in [-0.05, 0) is 19.4 Å². The third kappa shape index (κ3) is 3.46. The van der Waals surface area contributed by atoms with Crippen LogP contribution in [0.15, 0.2) is 36.7 Å². The SMILES string of the molecule is CC(CCn1cc(-c2ccccc2F)cn1)(C(=O)NO)S(C)(=O)=O. The molecule has 1 unspecified atom stereocenters. The molecule has 1 atom stereocenters. The number of amides is 1. The third-order valence-electron chi connectivity index (χ3n) is 4.04. The summed E-state index contributed by atoms with van der Waals surface area (Å²) in [5.74, 6) is -1.40. The molecule has 0 saturated carbocycles. The minimum atomic E-state index is -3.77. The number of aromatic nitrogens is 2. The fourth-order valence-corrected chi connectivity index (χ4v) is 3.08. The molecule has 1 aromatic heterocycles. The first-order valence-electron chi connectivity index (χ1n) is 7.10. The number of nitrogens with zero attached hydrogens (tertiary/aromatic N) is 2. The molecule has 1 amide bonds. The second-order valence-corrected chi connectivity index (χ2v) is 8.11. The van der Waals surface area contributed by atoms with Crippen LogP contribution in [0.5, 0.6) is 0 Å². The van der Waals surface area contributed by atoms with E-state index in [4.69, 9.17) is 5.21 Å². The number of sulfone groups is 1. The van der Waals surface area contributed by atoms with Crippen LogP contribution in [0, 0.1) is 5.82 Å². The fourth-order valence-electron chi connectivity index (χ4n) is 2.23. The van der Waals surface area contributed by atoms with Gasteiger partial charge in [0.2, 0.25) is 0 Å². The highest BCUT2D eigenvalue weighted by Gasteiger charge is 2.43. The number of carbonyl (C=O) groups excluding carboxylic acids is 1. The van der Waals surface area contributed by atoms with Crippen molar-refractivity contribution in [3.63, 3.8) is 0 Å². The molecule has 1 heterocycles. The molecule has 0 radical (unpaired) electrons. The molecule has 2 aromatic rings. The van der Waals surface area contributed by atoms with Gasteiger partial charge in [0.25, 0.3) is 5.91 Å². The lowest BCUT2D eigenvalue weighted by molar-refractivity contribution is -0.131. The highest BCUT2D eigenvalue weighted by Crippen LogP contribution is 2.24. The quantitative estimate of drug-likeness (QED) is 0.602. The molecule has 2 rings (SSSR count). The van der Waals surface area contributed by atoms with Crippen LogP contribution in [0.25, 0.3) is 11.1 Å². The molecule has 0 aliphatic heterocycles. The minimum Gasteiger partial charge on any atom is -0.289 e. The van der Waals surface area contributed by atoms with Crippen LogP contribution < -0.4 is 5.48 Å². The summed E-state index contributed by atoms with van der Waals surface area (Å²) in [6.45, 7) is 1.33. The molecule has 0 spiro atoms. The Morgan fingerprint density at radius 3 is 2.67 bits per heavy atom. The summed E-state index contributed by atoms with van der Waals surface area (Å²) in [6.07, 6.45) is 3.85. The van der Waals surface area contributed by atoms with E-state index in [0.29, 0.717) is 11.1 Å². The number of rotatable bonds is 6. The summed E-state index contributed by atoms with van der Waals surface area (Å²) in [4.78, 5) is 11.8. The van der Waals surface area contributed by atoms with Gasteiger partial charge in [-0.1, -0.05) is 18.2 Å². The zero-order valence-electron chi connectivity index (χ0n) is 13.2. The number of hydrogen-bond acceptors (Lipinski definition) is 5. The fraction of sp³-hybridized carbons (Fsp3) is 0.333. The van der Waals surface area contributed by atoms with Gasteiger partial charge in [0.1, 0.15) is 5.82 Å². The maximum atomic E-state index is 13.8. The summed E-state index contributed by atoms with van der Waals surface area (Å²) in [7, 11) is -3.77. The van der Waals surface area contributed by atoms with Crippen LogP contribution in [0.1, 0.15) is 13.3 Å².